The summed E-state index contributed by atoms with van der Waals surface area (Å²) in [6, 6.07) is 0.781. The summed E-state index contributed by atoms with van der Waals surface area (Å²) in [6.45, 7) is 5.13. The Labute approximate surface area is 119 Å². The van der Waals surface area contributed by atoms with Gasteiger partial charge in [-0.15, -0.1) is 11.3 Å². The van der Waals surface area contributed by atoms with Crippen LogP contribution in [0.5, 0.6) is 0 Å². The molecule has 3 rings (SSSR count). The first kappa shape index (κ1) is 13.5. The van der Waals surface area contributed by atoms with Gasteiger partial charge in [-0.2, -0.15) is 0 Å². The van der Waals surface area contributed by atoms with Gasteiger partial charge in [0, 0.05) is 37.1 Å². The molecule has 1 unspecified atom stereocenters. The zero-order chi connectivity index (χ0) is 13.1. The molecular formula is C15H24N2OS. The van der Waals surface area contributed by atoms with Gasteiger partial charge in [-0.1, -0.05) is 13.3 Å². The minimum Gasteiger partial charge on any atom is -0.381 e. The highest BCUT2D eigenvalue weighted by molar-refractivity contribution is 7.11. The largest absolute Gasteiger partial charge is 0.381 e. The minimum atomic E-state index is 0.699. The summed E-state index contributed by atoms with van der Waals surface area (Å²) in [5.41, 5.74) is 1.34. The number of nitrogens with one attached hydrogen (secondary N) is 1. The molecule has 1 aromatic rings. The van der Waals surface area contributed by atoms with E-state index < -0.39 is 0 Å². The van der Waals surface area contributed by atoms with Crippen molar-refractivity contribution < 1.29 is 4.74 Å². The first-order valence-electron chi connectivity index (χ1n) is 7.63. The van der Waals surface area contributed by atoms with Crippen molar-refractivity contribution in [2.75, 3.05) is 13.2 Å². The van der Waals surface area contributed by atoms with Gasteiger partial charge in [-0.05, 0) is 31.6 Å². The maximum absolute atomic E-state index is 5.47. The fraction of sp³-hybridized carbons (Fsp3) is 0.800. The van der Waals surface area contributed by atoms with Gasteiger partial charge in [0.25, 0.3) is 0 Å². The van der Waals surface area contributed by atoms with Crippen molar-refractivity contribution in [1.82, 2.24) is 10.3 Å². The molecule has 0 radical (unpaired) electrons. The third kappa shape index (κ3) is 3.77. The number of aryl methyl sites for hydroxylation is 1. The fourth-order valence-corrected chi connectivity index (χ4v) is 3.79. The quantitative estimate of drug-likeness (QED) is 0.834. The molecule has 106 valence electrons. The van der Waals surface area contributed by atoms with Gasteiger partial charge in [0.2, 0.25) is 0 Å². The van der Waals surface area contributed by atoms with Crippen LogP contribution in [0.25, 0.3) is 0 Å². The molecule has 0 aromatic carbocycles. The van der Waals surface area contributed by atoms with Crippen molar-refractivity contribution in [3.63, 3.8) is 0 Å². The van der Waals surface area contributed by atoms with E-state index in [1.165, 1.54) is 41.3 Å². The molecule has 0 bridgehead atoms. The number of aromatic nitrogens is 1. The highest BCUT2D eigenvalue weighted by Gasteiger charge is 2.22. The lowest BCUT2D eigenvalue weighted by atomic mass is 10.1. The second kappa shape index (κ2) is 6.33. The average Bonchev–Trinajstić information content (AvgIpc) is 2.95. The van der Waals surface area contributed by atoms with Gasteiger partial charge in [-0.25, -0.2) is 4.98 Å². The Kier molecular flexibility index (Phi) is 4.51. The predicted octanol–water partition coefficient (Wildman–Crippen LogP) is 2.93. The highest BCUT2D eigenvalue weighted by atomic mass is 32.1. The van der Waals surface area contributed by atoms with Crippen molar-refractivity contribution >= 4 is 11.3 Å². The van der Waals surface area contributed by atoms with E-state index in [1.54, 1.807) is 0 Å². The second-order valence-corrected chi connectivity index (χ2v) is 6.98. The lowest BCUT2D eigenvalue weighted by Crippen LogP contribution is -2.15. The molecule has 1 aliphatic carbocycles. The molecule has 2 fully saturated rings. The molecule has 2 aliphatic rings. The lowest BCUT2D eigenvalue weighted by Gasteiger charge is -2.02. The number of hydrogen-bond acceptors (Lipinski definition) is 4. The third-order valence-electron chi connectivity index (χ3n) is 3.93. The monoisotopic (exact) mass is 280 g/mol. The lowest BCUT2D eigenvalue weighted by molar-refractivity contribution is 0.186. The molecule has 1 aliphatic heterocycles. The van der Waals surface area contributed by atoms with Crippen molar-refractivity contribution in [3.05, 3.63) is 15.6 Å². The standard InChI is InChI=1S/C15H24N2OS/c1-2-3-13-14(9-16-12-4-5-12)19-15(17-13)8-11-6-7-18-10-11/h11-12,16H,2-10H2,1H3. The summed E-state index contributed by atoms with van der Waals surface area (Å²) < 4.78 is 5.47. The van der Waals surface area contributed by atoms with Crippen LogP contribution in [-0.4, -0.2) is 24.2 Å². The van der Waals surface area contributed by atoms with Crippen molar-refractivity contribution in [2.24, 2.45) is 5.92 Å². The molecule has 1 atom stereocenters. The number of nitrogens with zero attached hydrogens (tertiary/aromatic N) is 1. The van der Waals surface area contributed by atoms with Crippen LogP contribution in [0.15, 0.2) is 0 Å². The van der Waals surface area contributed by atoms with E-state index >= 15 is 0 Å². The summed E-state index contributed by atoms with van der Waals surface area (Å²) >= 11 is 1.93. The van der Waals surface area contributed by atoms with Crippen LogP contribution >= 0.6 is 11.3 Å². The number of ether oxygens (including phenoxy) is 1. The fourth-order valence-electron chi connectivity index (χ4n) is 2.61. The van der Waals surface area contributed by atoms with Crippen LogP contribution in [0.2, 0.25) is 0 Å². The van der Waals surface area contributed by atoms with Crippen molar-refractivity contribution in [1.29, 1.82) is 0 Å². The molecule has 2 heterocycles. The summed E-state index contributed by atoms with van der Waals surface area (Å²) in [6.07, 6.45) is 7.34. The van der Waals surface area contributed by atoms with E-state index in [4.69, 9.17) is 9.72 Å². The van der Waals surface area contributed by atoms with Crippen molar-refractivity contribution in [2.45, 2.75) is 58.0 Å². The molecular weight excluding hydrogens is 256 g/mol. The summed E-state index contributed by atoms with van der Waals surface area (Å²) in [5, 5.41) is 4.95. The Morgan fingerprint density at radius 1 is 1.37 bits per heavy atom. The minimum absolute atomic E-state index is 0.699. The summed E-state index contributed by atoms with van der Waals surface area (Å²) in [7, 11) is 0. The van der Waals surface area contributed by atoms with Gasteiger partial charge >= 0.3 is 0 Å². The van der Waals surface area contributed by atoms with Gasteiger partial charge in [0.05, 0.1) is 10.7 Å². The SMILES string of the molecule is CCCc1nc(CC2CCOC2)sc1CNC1CC1. The molecule has 19 heavy (non-hydrogen) atoms. The van der Waals surface area contributed by atoms with Gasteiger partial charge in [-0.3, -0.25) is 0 Å². The van der Waals surface area contributed by atoms with Gasteiger partial charge in [0.1, 0.15) is 0 Å². The molecule has 1 saturated carbocycles. The number of rotatable bonds is 7. The van der Waals surface area contributed by atoms with Crippen LogP contribution in [0.3, 0.4) is 0 Å². The van der Waals surface area contributed by atoms with Crippen molar-refractivity contribution in [3.8, 4) is 0 Å². The number of hydrogen-bond donors (Lipinski definition) is 1. The van der Waals surface area contributed by atoms with E-state index in [2.05, 4.69) is 12.2 Å². The van der Waals surface area contributed by atoms with Gasteiger partial charge < -0.3 is 10.1 Å². The molecule has 1 aromatic heterocycles. The maximum atomic E-state index is 5.47. The predicted molar refractivity (Wildman–Crippen MR) is 78.6 cm³/mol. The molecule has 0 amide bonds. The topological polar surface area (TPSA) is 34.1 Å². The number of thiazole rings is 1. The molecule has 1 N–H and O–H groups in total. The first-order chi connectivity index (χ1) is 9.35. The first-order valence-corrected chi connectivity index (χ1v) is 8.45. The molecule has 1 saturated heterocycles. The normalized spacial score (nSPS) is 23.1. The van der Waals surface area contributed by atoms with E-state index in [0.717, 1.165) is 38.6 Å². The Morgan fingerprint density at radius 3 is 2.95 bits per heavy atom. The zero-order valence-electron chi connectivity index (χ0n) is 11.8. The average molecular weight is 280 g/mol. The van der Waals surface area contributed by atoms with E-state index in [1.807, 2.05) is 11.3 Å². The Balaban J connectivity index is 1.63. The Morgan fingerprint density at radius 2 is 2.26 bits per heavy atom. The van der Waals surface area contributed by atoms with Crippen LogP contribution in [0.4, 0.5) is 0 Å². The zero-order valence-corrected chi connectivity index (χ0v) is 12.6. The van der Waals surface area contributed by atoms with E-state index in [-0.39, 0.29) is 0 Å². The third-order valence-corrected chi connectivity index (χ3v) is 5.05. The Hall–Kier alpha value is -0.450. The van der Waals surface area contributed by atoms with Crippen LogP contribution in [0, 0.1) is 5.92 Å². The Bertz CT molecular complexity index is 408. The van der Waals surface area contributed by atoms with Gasteiger partial charge in [0.15, 0.2) is 0 Å². The maximum Gasteiger partial charge on any atom is 0.0935 e. The molecule has 4 heteroatoms. The van der Waals surface area contributed by atoms with Crippen LogP contribution < -0.4 is 5.32 Å². The smallest absolute Gasteiger partial charge is 0.0935 e. The molecule has 0 spiro atoms. The molecule has 3 nitrogen and oxygen atoms in total. The second-order valence-electron chi connectivity index (χ2n) is 5.82. The van der Waals surface area contributed by atoms with E-state index in [0.29, 0.717) is 5.92 Å². The summed E-state index contributed by atoms with van der Waals surface area (Å²) in [4.78, 5) is 6.36. The summed E-state index contributed by atoms with van der Waals surface area (Å²) in [5.74, 6) is 0.699. The van der Waals surface area contributed by atoms with Crippen LogP contribution in [-0.2, 0) is 24.1 Å². The highest BCUT2D eigenvalue weighted by Crippen LogP contribution is 2.26. The van der Waals surface area contributed by atoms with E-state index in [9.17, 15) is 0 Å². The van der Waals surface area contributed by atoms with Crippen LogP contribution in [0.1, 0.15) is 48.2 Å².